The monoisotopic (exact) mass is 579 g/mol. The Morgan fingerprint density at radius 2 is 1.71 bits per heavy atom. The van der Waals surface area contributed by atoms with Gasteiger partial charge in [0, 0.05) is 49.2 Å². The maximum Gasteiger partial charge on any atom is 0.416 e. The fourth-order valence-electron chi connectivity index (χ4n) is 4.58. The summed E-state index contributed by atoms with van der Waals surface area (Å²) in [5.74, 6) is -0.173. The molecule has 2 N–H and O–H groups in total. The second-order valence-electron chi connectivity index (χ2n) is 9.73. The van der Waals surface area contributed by atoms with E-state index in [0.717, 1.165) is 38.1 Å². The molecule has 12 heteroatoms. The lowest BCUT2D eigenvalue weighted by molar-refractivity contribution is -0.137. The molecule has 0 aliphatic carbocycles. The highest BCUT2D eigenvalue weighted by molar-refractivity contribution is 6.06. The van der Waals surface area contributed by atoms with E-state index in [1.807, 2.05) is 0 Å². The molecule has 1 fully saturated rings. The third-order valence-electron chi connectivity index (χ3n) is 6.71. The van der Waals surface area contributed by atoms with Crippen molar-refractivity contribution in [1.29, 1.82) is 0 Å². The summed E-state index contributed by atoms with van der Waals surface area (Å²) in [4.78, 5) is 35.4. The predicted octanol–water partition coefficient (Wildman–Crippen LogP) is 5.53. The molecular formula is C30H28F3N5O4. The molecule has 0 spiro atoms. The van der Waals surface area contributed by atoms with Crippen LogP contribution in [0.1, 0.15) is 39.3 Å². The van der Waals surface area contributed by atoms with Crippen LogP contribution in [0.3, 0.4) is 0 Å². The first kappa shape index (κ1) is 28.8. The van der Waals surface area contributed by atoms with Crippen LogP contribution in [0.15, 0.2) is 67.0 Å². The van der Waals surface area contributed by atoms with Crippen LogP contribution in [0, 0.1) is 0 Å². The van der Waals surface area contributed by atoms with Gasteiger partial charge in [-0.15, -0.1) is 0 Å². The molecule has 2 aromatic carbocycles. The summed E-state index contributed by atoms with van der Waals surface area (Å²) in [5.41, 5.74) is -0.0728. The molecule has 218 valence electrons. The lowest BCUT2D eigenvalue weighted by atomic mass is 10.1. The van der Waals surface area contributed by atoms with E-state index < -0.39 is 17.6 Å². The maximum absolute atomic E-state index is 13.6. The number of pyridine rings is 2. The quantitative estimate of drug-likeness (QED) is 0.269. The number of rotatable bonds is 9. The number of anilines is 1. The van der Waals surface area contributed by atoms with Crippen LogP contribution in [0.4, 0.5) is 18.9 Å². The first-order chi connectivity index (χ1) is 20.2. The fourth-order valence-corrected chi connectivity index (χ4v) is 4.58. The summed E-state index contributed by atoms with van der Waals surface area (Å²) in [6, 6.07) is 12.9. The molecule has 1 aliphatic rings. The molecule has 42 heavy (non-hydrogen) atoms. The molecule has 0 atom stereocenters. The number of carbonyl (C=O) groups excluding carboxylic acids is 2. The van der Waals surface area contributed by atoms with Gasteiger partial charge >= 0.3 is 6.18 Å². The number of halogens is 3. The van der Waals surface area contributed by atoms with Gasteiger partial charge in [-0.25, -0.2) is 0 Å². The number of hydrogen-bond acceptors (Lipinski definition) is 7. The third kappa shape index (κ3) is 7.13. The van der Waals surface area contributed by atoms with Gasteiger partial charge < -0.3 is 20.1 Å². The van der Waals surface area contributed by atoms with Crippen LogP contribution < -0.4 is 20.1 Å². The molecule has 9 nitrogen and oxygen atoms in total. The first-order valence-electron chi connectivity index (χ1n) is 13.3. The zero-order valence-corrected chi connectivity index (χ0v) is 22.7. The van der Waals surface area contributed by atoms with Crippen molar-refractivity contribution in [2.75, 3.05) is 38.6 Å². The van der Waals surface area contributed by atoms with Crippen LogP contribution in [-0.2, 0) is 6.18 Å². The number of ether oxygens (including phenoxy) is 2. The second kappa shape index (κ2) is 12.4. The van der Waals surface area contributed by atoms with Gasteiger partial charge in [0.1, 0.15) is 29.5 Å². The summed E-state index contributed by atoms with van der Waals surface area (Å²) >= 11 is 0. The zero-order chi connectivity index (χ0) is 29.7. The molecule has 5 rings (SSSR count). The molecule has 1 saturated heterocycles. The van der Waals surface area contributed by atoms with E-state index >= 15 is 0 Å². The van der Waals surface area contributed by atoms with E-state index in [9.17, 15) is 22.8 Å². The molecule has 3 heterocycles. The zero-order valence-electron chi connectivity index (χ0n) is 22.7. The minimum Gasteiger partial charge on any atom is -0.492 e. The van der Waals surface area contributed by atoms with E-state index in [2.05, 4.69) is 25.5 Å². The van der Waals surface area contributed by atoms with Crippen LogP contribution in [0.25, 0.3) is 10.9 Å². The second-order valence-corrected chi connectivity index (χ2v) is 9.73. The molecule has 0 bridgehead atoms. The van der Waals surface area contributed by atoms with Crippen LogP contribution in [0.2, 0.25) is 0 Å². The van der Waals surface area contributed by atoms with E-state index in [-0.39, 0.29) is 35.2 Å². The van der Waals surface area contributed by atoms with Crippen molar-refractivity contribution < 1.29 is 32.2 Å². The number of nitrogens with one attached hydrogen (secondary N) is 2. The molecular weight excluding hydrogens is 551 g/mol. The SMILES string of the molecule is CNC(=O)c1cc(Oc2ccc3ncc(C(=O)Nc4cc(OCCN5CCCC5)cc(C(F)(F)F)c4)cc3c2)ccn1. The molecule has 0 radical (unpaired) electrons. The van der Waals surface area contributed by atoms with Gasteiger partial charge in [-0.3, -0.25) is 24.5 Å². The van der Waals surface area contributed by atoms with Crippen LogP contribution >= 0.6 is 0 Å². The number of alkyl halides is 3. The van der Waals surface area contributed by atoms with Crippen molar-refractivity contribution in [1.82, 2.24) is 20.2 Å². The Hall–Kier alpha value is -4.71. The van der Waals surface area contributed by atoms with Gasteiger partial charge in [0.2, 0.25) is 0 Å². The van der Waals surface area contributed by atoms with Gasteiger partial charge in [0.25, 0.3) is 11.8 Å². The number of hydrogen-bond donors (Lipinski definition) is 2. The van der Waals surface area contributed by atoms with Crippen molar-refractivity contribution in [3.63, 3.8) is 0 Å². The average Bonchev–Trinajstić information content (AvgIpc) is 3.49. The normalized spacial score (nSPS) is 13.6. The molecule has 4 aromatic rings. The number of fused-ring (bicyclic) bond motifs is 1. The fraction of sp³-hybridized carbons (Fsp3) is 0.267. The highest BCUT2D eigenvalue weighted by atomic mass is 19.4. The van der Waals surface area contributed by atoms with E-state index in [1.165, 1.54) is 31.6 Å². The Morgan fingerprint density at radius 1 is 0.929 bits per heavy atom. The van der Waals surface area contributed by atoms with Crippen molar-refractivity contribution in [2.45, 2.75) is 19.0 Å². The van der Waals surface area contributed by atoms with Crippen molar-refractivity contribution >= 4 is 28.4 Å². The first-order valence-corrected chi connectivity index (χ1v) is 13.3. The van der Waals surface area contributed by atoms with Crippen molar-refractivity contribution in [3.05, 3.63) is 83.8 Å². The number of nitrogens with zero attached hydrogens (tertiary/aromatic N) is 3. The Kier molecular flexibility index (Phi) is 8.53. The Balaban J connectivity index is 1.32. The summed E-state index contributed by atoms with van der Waals surface area (Å²) in [5, 5.41) is 5.60. The minimum absolute atomic E-state index is 0.0217. The van der Waals surface area contributed by atoms with Crippen LogP contribution in [-0.4, -0.2) is 60.0 Å². The minimum atomic E-state index is -4.62. The predicted molar refractivity (Wildman–Crippen MR) is 150 cm³/mol. The summed E-state index contributed by atoms with van der Waals surface area (Å²) in [6.07, 6.45) is 0.371. The lowest BCUT2D eigenvalue weighted by Crippen LogP contribution is -2.25. The smallest absolute Gasteiger partial charge is 0.416 e. The maximum atomic E-state index is 13.6. The lowest BCUT2D eigenvalue weighted by Gasteiger charge is -2.17. The molecule has 1 aliphatic heterocycles. The summed E-state index contributed by atoms with van der Waals surface area (Å²) in [7, 11) is 1.50. The van der Waals surface area contributed by atoms with Crippen molar-refractivity contribution in [3.8, 4) is 17.2 Å². The van der Waals surface area contributed by atoms with E-state index in [0.29, 0.717) is 28.9 Å². The van der Waals surface area contributed by atoms with Gasteiger partial charge in [-0.2, -0.15) is 13.2 Å². The number of aromatic nitrogens is 2. The number of carbonyl (C=O) groups is 2. The molecule has 2 amide bonds. The van der Waals surface area contributed by atoms with E-state index in [4.69, 9.17) is 9.47 Å². The summed E-state index contributed by atoms with van der Waals surface area (Å²) in [6.45, 7) is 2.75. The summed E-state index contributed by atoms with van der Waals surface area (Å²) < 4.78 is 52.3. The van der Waals surface area contributed by atoms with Gasteiger partial charge in [-0.1, -0.05) is 0 Å². The highest BCUT2D eigenvalue weighted by Gasteiger charge is 2.32. The Morgan fingerprint density at radius 3 is 2.48 bits per heavy atom. The topological polar surface area (TPSA) is 106 Å². The number of benzene rings is 2. The highest BCUT2D eigenvalue weighted by Crippen LogP contribution is 2.34. The van der Waals surface area contributed by atoms with Gasteiger partial charge in [0.15, 0.2) is 0 Å². The molecule has 0 unspecified atom stereocenters. The van der Waals surface area contributed by atoms with E-state index in [1.54, 1.807) is 30.3 Å². The third-order valence-corrected chi connectivity index (χ3v) is 6.71. The standard InChI is InChI=1S/C30H28F3N5O4/c1-34-29(40)27-17-24(6-7-35-27)42-23-4-5-26-19(13-23)12-20(18-36-26)28(39)37-22-14-21(30(31,32)33)15-25(16-22)41-11-10-38-8-2-3-9-38/h4-7,12-18H,2-3,8-11H2,1H3,(H,34,40)(H,37,39). The molecule has 0 saturated carbocycles. The van der Waals surface area contributed by atoms with Crippen LogP contribution in [0.5, 0.6) is 17.2 Å². The van der Waals surface area contributed by atoms with Gasteiger partial charge in [0.05, 0.1) is 16.6 Å². The Labute approximate surface area is 239 Å². The number of amides is 2. The Bertz CT molecular complexity index is 1610. The molecule has 2 aromatic heterocycles. The van der Waals surface area contributed by atoms with Crippen molar-refractivity contribution in [2.24, 2.45) is 0 Å². The average molecular weight is 580 g/mol. The largest absolute Gasteiger partial charge is 0.492 e. The van der Waals surface area contributed by atoms with Gasteiger partial charge in [-0.05, 0) is 68.4 Å². The number of likely N-dealkylation sites (tertiary alicyclic amines) is 1.